The topological polar surface area (TPSA) is 74.1 Å². The SMILES string of the molecule is CN=C(NCCc1c(C)nn(C)c1C)N(C)Cc1ncc(-c2ccccc2)[nH]1.I. The highest BCUT2D eigenvalue weighted by Crippen LogP contribution is 2.16. The number of benzene rings is 1. The summed E-state index contributed by atoms with van der Waals surface area (Å²) in [6.45, 7) is 5.62. The average molecular weight is 507 g/mol. The number of aliphatic imine (C=N–C) groups is 1. The van der Waals surface area contributed by atoms with Gasteiger partial charge in [-0.25, -0.2) is 4.98 Å². The second-order valence-electron chi connectivity index (χ2n) is 6.96. The van der Waals surface area contributed by atoms with Gasteiger partial charge in [0.1, 0.15) is 5.82 Å². The normalized spacial score (nSPS) is 11.3. The number of hydrogen-bond acceptors (Lipinski definition) is 3. The number of aryl methyl sites for hydroxylation is 2. The van der Waals surface area contributed by atoms with Crippen molar-refractivity contribution in [2.24, 2.45) is 12.0 Å². The van der Waals surface area contributed by atoms with Crippen molar-refractivity contribution < 1.29 is 0 Å². The van der Waals surface area contributed by atoms with Crippen LogP contribution >= 0.6 is 24.0 Å². The van der Waals surface area contributed by atoms with E-state index in [1.807, 2.05) is 43.2 Å². The molecule has 0 saturated carbocycles. The van der Waals surface area contributed by atoms with Crippen molar-refractivity contribution in [3.8, 4) is 11.3 Å². The Balaban J connectivity index is 0.00000300. The first-order valence-corrected chi connectivity index (χ1v) is 9.49. The first-order chi connectivity index (χ1) is 13.5. The molecule has 3 aromatic rings. The van der Waals surface area contributed by atoms with Crippen molar-refractivity contribution >= 4 is 29.9 Å². The van der Waals surface area contributed by atoms with Crippen LogP contribution in [0.4, 0.5) is 0 Å². The van der Waals surface area contributed by atoms with E-state index >= 15 is 0 Å². The molecule has 1 aromatic carbocycles. The summed E-state index contributed by atoms with van der Waals surface area (Å²) in [6.07, 6.45) is 2.79. The fourth-order valence-electron chi connectivity index (χ4n) is 3.37. The molecule has 0 amide bonds. The first kappa shape index (κ1) is 22.9. The molecule has 0 atom stereocenters. The van der Waals surface area contributed by atoms with Gasteiger partial charge in [0.2, 0.25) is 0 Å². The molecule has 0 aliphatic heterocycles. The van der Waals surface area contributed by atoms with Crippen LogP contribution in [-0.4, -0.2) is 51.2 Å². The van der Waals surface area contributed by atoms with E-state index in [0.717, 1.165) is 41.7 Å². The molecule has 0 radical (unpaired) electrons. The van der Waals surface area contributed by atoms with Crippen molar-refractivity contribution in [1.29, 1.82) is 0 Å². The zero-order chi connectivity index (χ0) is 20.1. The Hall–Kier alpha value is -2.36. The third-order valence-corrected chi connectivity index (χ3v) is 4.99. The van der Waals surface area contributed by atoms with Gasteiger partial charge in [-0.15, -0.1) is 24.0 Å². The minimum atomic E-state index is 0. The Morgan fingerprint density at radius 2 is 1.97 bits per heavy atom. The van der Waals surface area contributed by atoms with Crippen molar-refractivity contribution in [3.63, 3.8) is 0 Å². The molecule has 0 aliphatic rings. The number of nitrogens with zero attached hydrogens (tertiary/aromatic N) is 5. The summed E-state index contributed by atoms with van der Waals surface area (Å²) in [5, 5.41) is 7.92. The number of guanidine groups is 1. The van der Waals surface area contributed by atoms with E-state index in [2.05, 4.69) is 56.3 Å². The van der Waals surface area contributed by atoms with Crippen molar-refractivity contribution in [1.82, 2.24) is 30.0 Å². The van der Waals surface area contributed by atoms with Gasteiger partial charge in [0.05, 0.1) is 24.1 Å². The molecule has 29 heavy (non-hydrogen) atoms. The number of hydrogen-bond donors (Lipinski definition) is 2. The summed E-state index contributed by atoms with van der Waals surface area (Å²) in [5.41, 5.74) is 5.76. The molecule has 156 valence electrons. The second-order valence-corrected chi connectivity index (χ2v) is 6.96. The zero-order valence-corrected chi connectivity index (χ0v) is 20.1. The molecule has 2 heterocycles. The van der Waals surface area contributed by atoms with Gasteiger partial charge < -0.3 is 15.2 Å². The molecule has 0 bridgehead atoms. The minimum absolute atomic E-state index is 0. The Morgan fingerprint density at radius 1 is 1.24 bits per heavy atom. The third kappa shape index (κ3) is 5.59. The largest absolute Gasteiger partial charge is 0.356 e. The van der Waals surface area contributed by atoms with Crippen LogP contribution in [0.5, 0.6) is 0 Å². The fraction of sp³-hybridized carbons (Fsp3) is 0.381. The lowest BCUT2D eigenvalue weighted by Crippen LogP contribution is -2.39. The average Bonchev–Trinajstić information content (AvgIpc) is 3.25. The number of imidazole rings is 1. The number of halogens is 1. The fourth-order valence-corrected chi connectivity index (χ4v) is 3.37. The Morgan fingerprint density at radius 3 is 2.59 bits per heavy atom. The van der Waals surface area contributed by atoms with Gasteiger partial charge in [0.15, 0.2) is 5.96 Å². The van der Waals surface area contributed by atoms with E-state index in [1.165, 1.54) is 11.3 Å². The van der Waals surface area contributed by atoms with Crippen LogP contribution in [0.15, 0.2) is 41.5 Å². The second kappa shape index (κ2) is 10.4. The summed E-state index contributed by atoms with van der Waals surface area (Å²) in [6, 6.07) is 10.2. The number of H-pyrrole nitrogens is 1. The molecule has 7 nitrogen and oxygen atoms in total. The summed E-state index contributed by atoms with van der Waals surface area (Å²) < 4.78 is 1.94. The van der Waals surface area contributed by atoms with Gasteiger partial charge in [-0.3, -0.25) is 9.67 Å². The molecule has 0 aliphatic carbocycles. The summed E-state index contributed by atoms with van der Waals surface area (Å²) in [4.78, 5) is 14.4. The van der Waals surface area contributed by atoms with Gasteiger partial charge in [-0.1, -0.05) is 30.3 Å². The predicted octanol–water partition coefficient (Wildman–Crippen LogP) is 3.29. The third-order valence-electron chi connectivity index (χ3n) is 4.99. The molecule has 3 rings (SSSR count). The number of aromatic nitrogens is 4. The Labute approximate surface area is 189 Å². The lowest BCUT2D eigenvalue weighted by molar-refractivity contribution is 0.464. The highest BCUT2D eigenvalue weighted by atomic mass is 127. The van der Waals surface area contributed by atoms with E-state index in [-0.39, 0.29) is 24.0 Å². The quantitative estimate of drug-likeness (QED) is 0.305. The van der Waals surface area contributed by atoms with Crippen LogP contribution in [-0.2, 0) is 20.0 Å². The molecule has 0 fully saturated rings. The Kier molecular flexibility index (Phi) is 8.24. The minimum Gasteiger partial charge on any atom is -0.356 e. The van der Waals surface area contributed by atoms with Gasteiger partial charge in [-0.05, 0) is 31.4 Å². The van der Waals surface area contributed by atoms with Crippen LogP contribution in [0, 0.1) is 13.8 Å². The van der Waals surface area contributed by atoms with E-state index in [0.29, 0.717) is 6.54 Å². The summed E-state index contributed by atoms with van der Waals surface area (Å²) >= 11 is 0. The van der Waals surface area contributed by atoms with Crippen LogP contribution in [0.1, 0.15) is 22.8 Å². The lowest BCUT2D eigenvalue weighted by atomic mass is 10.1. The molecular formula is C21H30IN7. The zero-order valence-electron chi connectivity index (χ0n) is 17.7. The predicted molar refractivity (Wildman–Crippen MR) is 129 cm³/mol. The molecule has 2 aromatic heterocycles. The maximum Gasteiger partial charge on any atom is 0.193 e. The van der Waals surface area contributed by atoms with E-state index in [9.17, 15) is 0 Å². The summed E-state index contributed by atoms with van der Waals surface area (Å²) in [7, 11) is 5.80. The van der Waals surface area contributed by atoms with Crippen LogP contribution in [0.2, 0.25) is 0 Å². The molecular weight excluding hydrogens is 477 g/mol. The molecule has 2 N–H and O–H groups in total. The summed E-state index contributed by atoms with van der Waals surface area (Å²) in [5.74, 6) is 1.75. The Bertz CT molecular complexity index is 943. The number of rotatable bonds is 6. The highest BCUT2D eigenvalue weighted by Gasteiger charge is 2.12. The van der Waals surface area contributed by atoms with Crippen LogP contribution in [0.3, 0.4) is 0 Å². The number of nitrogens with one attached hydrogen (secondary N) is 2. The van der Waals surface area contributed by atoms with Gasteiger partial charge in [0.25, 0.3) is 0 Å². The van der Waals surface area contributed by atoms with Gasteiger partial charge in [0, 0.05) is 33.4 Å². The van der Waals surface area contributed by atoms with Crippen molar-refractivity contribution in [2.75, 3.05) is 20.6 Å². The van der Waals surface area contributed by atoms with Crippen molar-refractivity contribution in [3.05, 3.63) is 59.3 Å². The first-order valence-electron chi connectivity index (χ1n) is 9.49. The maximum absolute atomic E-state index is 4.51. The highest BCUT2D eigenvalue weighted by molar-refractivity contribution is 14.0. The monoisotopic (exact) mass is 507 g/mol. The van der Waals surface area contributed by atoms with E-state index < -0.39 is 0 Å². The molecule has 0 saturated heterocycles. The van der Waals surface area contributed by atoms with Crippen LogP contribution in [0.25, 0.3) is 11.3 Å². The molecule has 0 spiro atoms. The standard InChI is InChI=1S/C21H29N7.HI/c1-15-18(16(2)28(5)26-15)11-12-23-21(22-3)27(4)14-20-24-13-19(25-20)17-9-7-6-8-10-17;/h6-10,13H,11-12,14H2,1-5H3,(H,22,23)(H,24,25);1H. The number of aromatic amines is 1. The maximum atomic E-state index is 4.51. The van der Waals surface area contributed by atoms with Gasteiger partial charge >= 0.3 is 0 Å². The van der Waals surface area contributed by atoms with E-state index in [4.69, 9.17) is 0 Å². The smallest absolute Gasteiger partial charge is 0.193 e. The van der Waals surface area contributed by atoms with Crippen LogP contribution < -0.4 is 5.32 Å². The lowest BCUT2D eigenvalue weighted by Gasteiger charge is -2.21. The molecule has 0 unspecified atom stereocenters. The van der Waals surface area contributed by atoms with Crippen molar-refractivity contribution in [2.45, 2.75) is 26.8 Å². The van der Waals surface area contributed by atoms with Gasteiger partial charge in [-0.2, -0.15) is 5.10 Å². The van der Waals surface area contributed by atoms with E-state index in [1.54, 1.807) is 7.05 Å². The molecule has 8 heteroatoms.